The molecule has 1 aromatic rings. The second kappa shape index (κ2) is 7.04. The molecule has 2 aliphatic heterocycles. The van der Waals surface area contributed by atoms with Crippen LogP contribution in [0.3, 0.4) is 0 Å². The van der Waals surface area contributed by atoms with Crippen molar-refractivity contribution in [2.75, 3.05) is 7.05 Å². The van der Waals surface area contributed by atoms with Gasteiger partial charge >= 0.3 is 0 Å². The Balaban J connectivity index is 1.98. The number of hydrogen-bond acceptors (Lipinski definition) is 4. The monoisotopic (exact) mass is 483 g/mol. The molecule has 6 heteroatoms. The largest absolute Gasteiger partial charge is 0.508 e. The van der Waals surface area contributed by atoms with E-state index in [1.807, 2.05) is 0 Å². The molecule has 0 fully saturated rings. The van der Waals surface area contributed by atoms with Crippen LogP contribution in [0.2, 0.25) is 0 Å². The minimum atomic E-state index is -1.28. The summed E-state index contributed by atoms with van der Waals surface area (Å²) in [7, 11) is 1.78. The number of nitrogens with zero attached hydrogens (tertiary/aromatic N) is 1. The lowest BCUT2D eigenvalue weighted by Gasteiger charge is -2.32. The van der Waals surface area contributed by atoms with Crippen LogP contribution in [0.5, 0.6) is 11.5 Å². The van der Waals surface area contributed by atoms with Gasteiger partial charge in [-0.25, -0.2) is 0 Å². The highest BCUT2D eigenvalue weighted by Crippen LogP contribution is 2.53. The first-order valence-electron chi connectivity index (χ1n) is 8.83. The summed E-state index contributed by atoms with van der Waals surface area (Å²) in [6.07, 6.45) is 3.82. The summed E-state index contributed by atoms with van der Waals surface area (Å²) in [4.78, 5) is 15.0. The predicted octanol–water partition coefficient (Wildman–Crippen LogP) is 5.49. The van der Waals surface area contributed by atoms with E-state index in [0.717, 1.165) is 19.3 Å². The van der Waals surface area contributed by atoms with Gasteiger partial charge in [0.1, 0.15) is 11.5 Å². The van der Waals surface area contributed by atoms with Crippen LogP contribution in [0.4, 0.5) is 0 Å². The molecule has 1 aromatic carbocycles. The fraction of sp³-hybridized carbons (Fsp3) is 0.450. The molecule has 140 valence electrons. The maximum Gasteiger partial charge on any atom is 0.281 e. The third-order valence-electron chi connectivity index (χ3n) is 5.48. The molecule has 3 rings (SSSR count). The van der Waals surface area contributed by atoms with Crippen molar-refractivity contribution in [3.8, 4) is 11.5 Å². The van der Waals surface area contributed by atoms with Crippen molar-refractivity contribution in [1.29, 1.82) is 0 Å². The van der Waals surface area contributed by atoms with Crippen molar-refractivity contribution in [3.05, 3.63) is 44.5 Å². The molecular weight excluding hydrogens is 462 g/mol. The lowest BCUT2D eigenvalue weighted by Crippen LogP contribution is -2.50. The van der Waals surface area contributed by atoms with Gasteiger partial charge in [-0.2, -0.15) is 0 Å². The summed E-state index contributed by atoms with van der Waals surface area (Å²) in [6.45, 7) is 8.41. The van der Waals surface area contributed by atoms with E-state index in [1.54, 1.807) is 24.1 Å². The molecule has 0 aromatic heterocycles. The molecule has 0 saturated heterocycles. The first kappa shape index (κ1) is 19.5. The number of ether oxygens (including phenoxy) is 1. The van der Waals surface area contributed by atoms with E-state index in [1.165, 1.54) is 0 Å². The molecule has 0 aliphatic carbocycles. The number of phenolic OH excluding ortho intramolecular Hbond substituents is 1. The quantitative estimate of drug-likeness (QED) is 0.600. The van der Waals surface area contributed by atoms with Crippen molar-refractivity contribution in [2.24, 2.45) is 5.92 Å². The molecule has 1 spiro atoms. The predicted molar refractivity (Wildman–Crippen MR) is 110 cm³/mol. The van der Waals surface area contributed by atoms with Crippen molar-refractivity contribution < 1.29 is 14.6 Å². The van der Waals surface area contributed by atoms with Crippen LogP contribution in [0.1, 0.15) is 49.0 Å². The standard InChI is InChI=1S/C20H23Br2NO3/c1-5-11(2)7-6-8-13-15(24)10-9-14-17(13)26-20(19(14)25)18(22)16(21)12(3)23(20)4/h9-11,24H,3,5-8H2,1-2,4H3. The highest BCUT2D eigenvalue weighted by atomic mass is 79.9. The number of benzene rings is 1. The smallest absolute Gasteiger partial charge is 0.281 e. The van der Waals surface area contributed by atoms with E-state index < -0.39 is 5.72 Å². The highest BCUT2D eigenvalue weighted by Gasteiger charge is 2.59. The van der Waals surface area contributed by atoms with Crippen LogP contribution in [0, 0.1) is 5.92 Å². The highest BCUT2D eigenvalue weighted by molar-refractivity contribution is 9.14. The lowest BCUT2D eigenvalue weighted by atomic mass is 9.96. The second-order valence-electron chi connectivity index (χ2n) is 7.05. The zero-order valence-corrected chi connectivity index (χ0v) is 18.4. The Kier molecular flexibility index (Phi) is 5.28. The number of hydrogen-bond donors (Lipinski definition) is 1. The molecular formula is C20H23Br2NO3. The summed E-state index contributed by atoms with van der Waals surface area (Å²) in [5.41, 5.74) is 0.594. The molecule has 0 amide bonds. The van der Waals surface area contributed by atoms with Gasteiger partial charge in [0.25, 0.3) is 5.72 Å². The average molecular weight is 485 g/mol. The number of phenols is 1. The maximum atomic E-state index is 13.3. The van der Waals surface area contributed by atoms with Crippen molar-refractivity contribution in [3.63, 3.8) is 0 Å². The van der Waals surface area contributed by atoms with Crippen LogP contribution in [0.25, 0.3) is 0 Å². The maximum absolute atomic E-state index is 13.3. The average Bonchev–Trinajstić information content (AvgIpc) is 3.01. The van der Waals surface area contributed by atoms with Gasteiger partial charge in [0.2, 0.25) is 5.78 Å². The lowest BCUT2D eigenvalue weighted by molar-refractivity contribution is 0.0221. The van der Waals surface area contributed by atoms with Crippen molar-refractivity contribution >= 4 is 37.6 Å². The normalized spacial score (nSPS) is 23.0. The molecule has 0 bridgehead atoms. The number of ketones is 1. The molecule has 26 heavy (non-hydrogen) atoms. The number of likely N-dealkylation sites (N-methyl/N-ethyl adjacent to an activating group) is 1. The number of rotatable bonds is 5. The number of halogens is 2. The molecule has 1 N–H and O–H groups in total. The zero-order chi connectivity index (χ0) is 19.2. The number of allylic oxidation sites excluding steroid dienone is 1. The zero-order valence-electron chi connectivity index (χ0n) is 15.2. The summed E-state index contributed by atoms with van der Waals surface area (Å²) in [5, 5.41) is 10.4. The Morgan fingerprint density at radius 1 is 1.38 bits per heavy atom. The summed E-state index contributed by atoms with van der Waals surface area (Å²) in [6, 6.07) is 3.23. The molecule has 2 atom stereocenters. The number of aromatic hydroxyl groups is 1. The number of Topliss-reactive ketones (excluding diaryl/α,β-unsaturated/α-hetero) is 1. The Morgan fingerprint density at radius 3 is 2.65 bits per heavy atom. The Morgan fingerprint density at radius 2 is 2.08 bits per heavy atom. The summed E-state index contributed by atoms with van der Waals surface area (Å²) in [5.74, 6) is 1.15. The molecule has 2 heterocycles. The molecule has 4 nitrogen and oxygen atoms in total. The molecule has 0 saturated carbocycles. The van der Waals surface area contributed by atoms with Gasteiger partial charge in [-0.05, 0) is 62.8 Å². The van der Waals surface area contributed by atoms with Gasteiger partial charge in [0.15, 0.2) is 0 Å². The van der Waals surface area contributed by atoms with E-state index in [2.05, 4.69) is 52.3 Å². The van der Waals surface area contributed by atoms with Crippen LogP contribution < -0.4 is 4.74 Å². The van der Waals surface area contributed by atoms with Gasteiger partial charge in [0.05, 0.1) is 14.5 Å². The fourth-order valence-electron chi connectivity index (χ4n) is 3.49. The third kappa shape index (κ3) is 2.73. The van der Waals surface area contributed by atoms with E-state index >= 15 is 0 Å². The van der Waals surface area contributed by atoms with Crippen LogP contribution in [-0.2, 0) is 6.42 Å². The molecule has 2 aliphatic rings. The van der Waals surface area contributed by atoms with Gasteiger partial charge < -0.3 is 14.7 Å². The minimum Gasteiger partial charge on any atom is -0.508 e. The molecule has 0 radical (unpaired) electrons. The van der Waals surface area contributed by atoms with E-state index in [0.29, 0.717) is 43.9 Å². The SMILES string of the molecule is C=C1C(Br)=C(Br)C2(Oc3c(ccc(O)c3CCCC(C)CC)C2=O)N1C. The minimum absolute atomic E-state index is 0.152. The third-order valence-corrected chi connectivity index (χ3v) is 7.80. The second-order valence-corrected chi connectivity index (χ2v) is 8.64. The number of carbonyl (C=O) groups is 1. The summed E-state index contributed by atoms with van der Waals surface area (Å²) >= 11 is 6.99. The van der Waals surface area contributed by atoms with Gasteiger partial charge in [-0.3, -0.25) is 4.79 Å². The van der Waals surface area contributed by atoms with E-state index in [4.69, 9.17) is 4.74 Å². The van der Waals surface area contributed by atoms with Gasteiger partial charge in [-0.15, -0.1) is 0 Å². The first-order chi connectivity index (χ1) is 12.3. The topological polar surface area (TPSA) is 49.8 Å². The van der Waals surface area contributed by atoms with E-state index in [-0.39, 0.29) is 11.5 Å². The van der Waals surface area contributed by atoms with Crippen molar-refractivity contribution in [2.45, 2.75) is 45.3 Å². The molecule has 2 unspecified atom stereocenters. The van der Waals surface area contributed by atoms with Crippen LogP contribution >= 0.6 is 31.9 Å². The number of fused-ring (bicyclic) bond motifs is 1. The Hall–Kier alpha value is -1.27. The fourth-order valence-corrected chi connectivity index (χ4v) is 4.78. The van der Waals surface area contributed by atoms with Crippen LogP contribution in [-0.4, -0.2) is 28.6 Å². The van der Waals surface area contributed by atoms with Gasteiger partial charge in [-0.1, -0.05) is 33.3 Å². The first-order valence-corrected chi connectivity index (χ1v) is 10.4. The van der Waals surface area contributed by atoms with E-state index in [9.17, 15) is 9.90 Å². The summed E-state index contributed by atoms with van der Waals surface area (Å²) < 4.78 is 7.56. The Bertz CT molecular complexity index is 818. The van der Waals surface area contributed by atoms with Crippen LogP contribution in [0.15, 0.2) is 33.4 Å². The Labute approximate surface area is 171 Å². The van der Waals surface area contributed by atoms with Crippen molar-refractivity contribution in [1.82, 2.24) is 4.90 Å². The van der Waals surface area contributed by atoms with Gasteiger partial charge in [0, 0.05) is 18.3 Å². The number of carbonyl (C=O) groups excluding carboxylic acids is 1.